The Morgan fingerprint density at radius 1 is 0.707 bits per heavy atom. The first-order valence-corrected chi connectivity index (χ1v) is 20.1. The molecule has 0 unspecified atom stereocenters. The number of ether oxygens (including phenoxy) is 4. The lowest BCUT2D eigenvalue weighted by Crippen LogP contribution is -2.51. The molecule has 308 valence electrons. The summed E-state index contributed by atoms with van der Waals surface area (Å²) in [6.07, 6.45) is 6.92. The van der Waals surface area contributed by atoms with Gasteiger partial charge in [-0.1, -0.05) is 40.5 Å². The molecule has 0 saturated carbocycles. The third kappa shape index (κ3) is 8.04. The van der Waals surface area contributed by atoms with Crippen molar-refractivity contribution in [2.75, 3.05) is 27.3 Å². The lowest BCUT2D eigenvalue weighted by Gasteiger charge is -2.31. The van der Waals surface area contributed by atoms with Crippen LogP contribution in [0.25, 0.3) is 22.8 Å². The van der Waals surface area contributed by atoms with Crippen LogP contribution in [0.5, 0.6) is 23.0 Å². The van der Waals surface area contributed by atoms with Crippen molar-refractivity contribution in [2.45, 2.75) is 90.4 Å². The second-order valence-corrected chi connectivity index (χ2v) is 15.3. The zero-order chi connectivity index (χ0) is 41.1. The van der Waals surface area contributed by atoms with Gasteiger partial charge in [0.1, 0.15) is 23.7 Å². The van der Waals surface area contributed by atoms with Crippen LogP contribution in [-0.4, -0.2) is 93.1 Å². The molecule has 2 fully saturated rings. The van der Waals surface area contributed by atoms with E-state index < -0.39 is 24.3 Å². The normalized spacial score (nSPS) is 19.1. The summed E-state index contributed by atoms with van der Waals surface area (Å²) in [6, 6.07) is 9.40. The maximum absolute atomic E-state index is 13.8. The number of imidazole rings is 2. The van der Waals surface area contributed by atoms with Crippen LogP contribution in [0.1, 0.15) is 89.7 Å². The Labute approximate surface area is 337 Å². The van der Waals surface area contributed by atoms with Crippen LogP contribution in [-0.2, 0) is 19.1 Å². The highest BCUT2D eigenvalue weighted by atomic mass is 16.6. The van der Waals surface area contributed by atoms with E-state index in [9.17, 15) is 19.2 Å². The zero-order valence-electron chi connectivity index (χ0n) is 33.8. The Morgan fingerprint density at radius 2 is 1.12 bits per heavy atom. The van der Waals surface area contributed by atoms with Crippen molar-refractivity contribution in [1.82, 2.24) is 40.4 Å². The first kappa shape index (κ1) is 40.1. The average molecular weight is 797 g/mol. The van der Waals surface area contributed by atoms with Gasteiger partial charge in [-0.05, 0) is 73.9 Å². The van der Waals surface area contributed by atoms with Gasteiger partial charge in [0.25, 0.3) is 0 Å². The number of fused-ring (bicyclic) bond motifs is 2. The van der Waals surface area contributed by atoms with Gasteiger partial charge in [-0.3, -0.25) is 9.59 Å². The number of benzene rings is 2. The fraction of sp³-hybridized carbons (Fsp3) is 0.476. The molecule has 0 aliphatic carbocycles. The number of aromatic amines is 2. The number of carbonyl (C=O) groups excluding carboxylic acids is 4. The first-order valence-electron chi connectivity index (χ1n) is 20.1. The first-order chi connectivity index (χ1) is 28.0. The number of alkyl carbamates (subject to hydrolysis) is 2. The Morgan fingerprint density at radius 3 is 1.50 bits per heavy atom. The van der Waals surface area contributed by atoms with Crippen LogP contribution in [0.15, 0.2) is 48.8 Å². The van der Waals surface area contributed by atoms with Gasteiger partial charge in [0.2, 0.25) is 11.8 Å². The van der Waals surface area contributed by atoms with Crippen LogP contribution in [0.3, 0.4) is 0 Å². The van der Waals surface area contributed by atoms with E-state index in [1.54, 1.807) is 12.4 Å². The van der Waals surface area contributed by atoms with Crippen LogP contribution >= 0.6 is 0 Å². The minimum atomic E-state index is -0.694. The van der Waals surface area contributed by atoms with Crippen LogP contribution < -0.4 is 20.1 Å². The molecule has 3 aliphatic rings. The fourth-order valence-electron chi connectivity index (χ4n) is 7.98. The van der Waals surface area contributed by atoms with Gasteiger partial charge in [-0.2, -0.15) is 0 Å². The molecule has 4 amide bonds. The number of hydrogen-bond acceptors (Lipinski definition) is 10. The molecule has 2 aromatic heterocycles. The largest absolute Gasteiger partial charge is 0.453 e. The number of rotatable bonds is 12. The van der Waals surface area contributed by atoms with E-state index in [4.69, 9.17) is 18.9 Å². The number of amides is 4. The van der Waals surface area contributed by atoms with Crippen molar-refractivity contribution in [1.29, 1.82) is 0 Å². The summed E-state index contributed by atoms with van der Waals surface area (Å²) in [4.78, 5) is 71.5. The number of nitrogens with one attached hydrogen (secondary N) is 4. The second-order valence-electron chi connectivity index (χ2n) is 15.3. The van der Waals surface area contributed by atoms with E-state index in [2.05, 4.69) is 30.6 Å². The van der Waals surface area contributed by atoms with Gasteiger partial charge < -0.3 is 49.3 Å². The Bertz CT molecular complexity index is 2000. The topological polar surface area (TPSA) is 193 Å². The smallest absolute Gasteiger partial charge is 0.407 e. The minimum Gasteiger partial charge on any atom is -0.453 e. The fourth-order valence-corrected chi connectivity index (χ4v) is 7.98. The molecule has 0 spiro atoms. The molecule has 2 aromatic carbocycles. The molecule has 0 radical (unpaired) electrons. The molecule has 0 bridgehead atoms. The molecule has 3 aliphatic heterocycles. The lowest BCUT2D eigenvalue weighted by molar-refractivity contribution is -0.136. The number of hydrogen-bond donors (Lipinski definition) is 4. The number of methoxy groups -OCH3 is 2. The summed E-state index contributed by atoms with van der Waals surface area (Å²) in [5.41, 5.74) is 3.20. The van der Waals surface area contributed by atoms with Crippen LogP contribution in [0.4, 0.5) is 9.59 Å². The molecule has 16 nitrogen and oxygen atoms in total. The Balaban J connectivity index is 1.03. The van der Waals surface area contributed by atoms with E-state index in [0.29, 0.717) is 47.7 Å². The van der Waals surface area contributed by atoms with Crippen molar-refractivity contribution >= 4 is 24.0 Å². The number of aromatic nitrogens is 4. The molecule has 4 aromatic rings. The van der Waals surface area contributed by atoms with Crippen molar-refractivity contribution in [3.63, 3.8) is 0 Å². The van der Waals surface area contributed by atoms with Gasteiger partial charge >= 0.3 is 12.2 Å². The summed E-state index contributed by atoms with van der Waals surface area (Å²) in [7, 11) is 2.58. The van der Waals surface area contributed by atoms with E-state index in [0.717, 1.165) is 61.0 Å². The van der Waals surface area contributed by atoms with Gasteiger partial charge in [0, 0.05) is 24.2 Å². The zero-order valence-corrected chi connectivity index (χ0v) is 33.8. The quantitative estimate of drug-likeness (QED) is 0.100. The number of nitrogens with zero attached hydrogens (tertiary/aromatic N) is 4. The van der Waals surface area contributed by atoms with E-state index in [-0.39, 0.29) is 35.7 Å². The molecule has 5 heterocycles. The summed E-state index contributed by atoms with van der Waals surface area (Å²) in [5.74, 6) is 2.97. The molecule has 2 saturated heterocycles. The van der Waals surface area contributed by atoms with Gasteiger partial charge in [-0.15, -0.1) is 0 Å². The predicted molar refractivity (Wildman–Crippen MR) is 213 cm³/mol. The molecule has 4 N–H and O–H groups in total. The van der Waals surface area contributed by atoms with Crippen LogP contribution in [0.2, 0.25) is 0 Å². The number of carbonyl (C=O) groups is 4. The second kappa shape index (κ2) is 17.2. The third-order valence-electron chi connectivity index (χ3n) is 11.7. The van der Waals surface area contributed by atoms with Gasteiger partial charge in [-0.25, -0.2) is 19.6 Å². The SMILES string of the molecule is CC[C@H](C)[C@H](NC(=O)OC)C(=O)N1CCC[C@H]1c1cnc(-c2ccc3c(c2)Oc2ccc(-c4ncc([C@@H]5CCCN5C(=O)[C@@H](NC(=O)OC)[C@@H](C)CC)[nH]4)cc2O3)[nH]1. The monoisotopic (exact) mass is 796 g/mol. The highest BCUT2D eigenvalue weighted by Gasteiger charge is 2.39. The highest BCUT2D eigenvalue weighted by molar-refractivity contribution is 5.87. The maximum atomic E-state index is 13.8. The summed E-state index contributed by atoms with van der Waals surface area (Å²) in [6.45, 7) is 9.03. The predicted octanol–water partition coefficient (Wildman–Crippen LogP) is 7.23. The van der Waals surface area contributed by atoms with Crippen molar-refractivity contribution < 1.29 is 38.1 Å². The lowest BCUT2D eigenvalue weighted by atomic mass is 9.97. The van der Waals surface area contributed by atoms with Crippen molar-refractivity contribution in [3.05, 3.63) is 60.2 Å². The van der Waals surface area contributed by atoms with Crippen LogP contribution in [0, 0.1) is 11.8 Å². The maximum Gasteiger partial charge on any atom is 0.407 e. The molecule has 16 heteroatoms. The van der Waals surface area contributed by atoms with E-state index in [1.807, 2.05) is 73.9 Å². The van der Waals surface area contributed by atoms with E-state index in [1.165, 1.54) is 14.2 Å². The van der Waals surface area contributed by atoms with Crippen molar-refractivity contribution in [3.8, 4) is 45.8 Å². The summed E-state index contributed by atoms with van der Waals surface area (Å²) < 4.78 is 22.2. The van der Waals surface area contributed by atoms with Gasteiger partial charge in [0.15, 0.2) is 23.0 Å². The standard InChI is InChI=1S/C42H52N8O8/c1-7-23(3)35(47-41(53)55-5)39(51)49-17-9-11-29(49)27-21-43-37(45-27)25-13-15-31-33(19-25)57-32-16-14-26(20-34(32)58-31)38-44-22-28(46-38)30-12-10-18-50(30)40(52)36(24(4)8-2)48-42(54)56-6/h13-16,19-24,29-30,35-36H,7-12,17-18H2,1-6H3,(H,43,45)(H,44,46)(H,47,53)(H,48,54)/t23-,24-,29-,30-,35-,36-/m0/s1. The molecular formula is C42H52N8O8. The summed E-state index contributed by atoms with van der Waals surface area (Å²) >= 11 is 0. The van der Waals surface area contributed by atoms with Crippen molar-refractivity contribution in [2.24, 2.45) is 11.8 Å². The minimum absolute atomic E-state index is 0.0723. The Hall–Kier alpha value is -6.06. The highest BCUT2D eigenvalue weighted by Crippen LogP contribution is 2.48. The number of likely N-dealkylation sites (tertiary alicyclic amines) is 2. The Kier molecular flexibility index (Phi) is 11.9. The summed E-state index contributed by atoms with van der Waals surface area (Å²) in [5, 5.41) is 5.48. The average Bonchev–Trinajstić information content (AvgIpc) is 4.09. The molecule has 58 heavy (non-hydrogen) atoms. The van der Waals surface area contributed by atoms with Gasteiger partial charge in [0.05, 0.1) is 50.1 Å². The molecule has 6 atom stereocenters. The molecular weight excluding hydrogens is 745 g/mol. The van der Waals surface area contributed by atoms with E-state index >= 15 is 0 Å². The number of H-pyrrole nitrogens is 2. The third-order valence-corrected chi connectivity index (χ3v) is 11.7. The molecule has 7 rings (SSSR count).